The van der Waals surface area contributed by atoms with Gasteiger partial charge in [0.15, 0.2) is 0 Å². The lowest BCUT2D eigenvalue weighted by Gasteiger charge is -2.14. The van der Waals surface area contributed by atoms with Crippen LogP contribution < -0.4 is 10.6 Å². The van der Waals surface area contributed by atoms with Gasteiger partial charge in [0, 0.05) is 17.1 Å². The number of halogens is 1. The second-order valence-electron chi connectivity index (χ2n) is 4.39. The largest absolute Gasteiger partial charge is 0.481 e. The van der Waals surface area contributed by atoms with Crippen LogP contribution in [-0.2, 0) is 9.59 Å². The second-order valence-corrected chi connectivity index (χ2v) is 4.79. The number of carboxylic acids is 2. The van der Waals surface area contributed by atoms with E-state index < -0.39 is 24.0 Å². The highest BCUT2D eigenvalue weighted by Crippen LogP contribution is 2.19. The molecule has 0 spiro atoms. The summed E-state index contributed by atoms with van der Waals surface area (Å²) in [5.41, 5.74) is 1.25. The maximum Gasteiger partial charge on any atom is 0.326 e. The maximum atomic E-state index is 11.7. The standard InChI is InChI=1S/C13H15ClN2O5/c1-7-2-3-8(6-9(7)14)15-13(21)16-10(12(19)20)4-5-11(17)18/h2-3,6,10H,4-5H2,1H3,(H,17,18)(H,19,20)(H2,15,16,21)/t10-/m0/s1. The lowest BCUT2D eigenvalue weighted by molar-refractivity contribution is -0.140. The minimum atomic E-state index is -1.30. The molecule has 0 saturated heterocycles. The molecule has 0 heterocycles. The lowest BCUT2D eigenvalue weighted by atomic mass is 10.1. The van der Waals surface area contributed by atoms with Gasteiger partial charge >= 0.3 is 18.0 Å². The average molecular weight is 315 g/mol. The van der Waals surface area contributed by atoms with Gasteiger partial charge in [-0.2, -0.15) is 0 Å². The van der Waals surface area contributed by atoms with Crippen molar-refractivity contribution in [2.24, 2.45) is 0 Å². The van der Waals surface area contributed by atoms with Crippen LogP contribution in [0.2, 0.25) is 5.02 Å². The van der Waals surface area contributed by atoms with Gasteiger partial charge in [-0.05, 0) is 31.0 Å². The Labute approximate surface area is 125 Å². The van der Waals surface area contributed by atoms with E-state index in [0.29, 0.717) is 10.7 Å². The van der Waals surface area contributed by atoms with Gasteiger partial charge < -0.3 is 20.8 Å². The van der Waals surface area contributed by atoms with E-state index in [1.807, 2.05) is 0 Å². The van der Waals surface area contributed by atoms with E-state index in [1.54, 1.807) is 19.1 Å². The molecule has 0 radical (unpaired) electrons. The fourth-order valence-corrected chi connectivity index (χ4v) is 1.70. The molecule has 1 aromatic rings. The van der Waals surface area contributed by atoms with Gasteiger partial charge in [-0.1, -0.05) is 17.7 Å². The molecule has 8 heteroatoms. The predicted molar refractivity (Wildman–Crippen MR) is 76.6 cm³/mol. The van der Waals surface area contributed by atoms with Gasteiger partial charge in [0.25, 0.3) is 0 Å². The van der Waals surface area contributed by atoms with Gasteiger partial charge in [-0.3, -0.25) is 4.79 Å². The molecule has 1 rings (SSSR count). The van der Waals surface area contributed by atoms with Crippen LogP contribution in [0.1, 0.15) is 18.4 Å². The van der Waals surface area contributed by atoms with E-state index in [0.717, 1.165) is 5.56 Å². The molecule has 1 atom stereocenters. The number of aliphatic carboxylic acids is 2. The highest BCUT2D eigenvalue weighted by molar-refractivity contribution is 6.31. The van der Waals surface area contributed by atoms with Crippen molar-refractivity contribution >= 4 is 35.3 Å². The number of benzene rings is 1. The molecule has 0 unspecified atom stereocenters. The van der Waals surface area contributed by atoms with Crippen molar-refractivity contribution in [2.45, 2.75) is 25.8 Å². The molecule has 0 bridgehead atoms. The first kappa shape index (κ1) is 16.8. The zero-order valence-corrected chi connectivity index (χ0v) is 12.0. The van der Waals surface area contributed by atoms with Crippen LogP contribution in [0, 0.1) is 6.92 Å². The van der Waals surface area contributed by atoms with Crippen molar-refractivity contribution in [1.82, 2.24) is 5.32 Å². The Kier molecular flexibility index (Phi) is 5.98. The molecule has 0 aliphatic heterocycles. The number of nitrogens with one attached hydrogen (secondary N) is 2. The second kappa shape index (κ2) is 7.49. The average Bonchev–Trinajstić information content (AvgIpc) is 2.38. The van der Waals surface area contributed by atoms with Crippen LogP contribution in [0.25, 0.3) is 0 Å². The first-order chi connectivity index (χ1) is 9.79. The predicted octanol–water partition coefficient (Wildman–Crippen LogP) is 2.09. The molecule has 7 nitrogen and oxygen atoms in total. The summed E-state index contributed by atoms with van der Waals surface area (Å²) < 4.78 is 0. The fraction of sp³-hybridized carbons (Fsp3) is 0.308. The number of aryl methyl sites for hydroxylation is 1. The summed E-state index contributed by atoms with van der Waals surface area (Å²) >= 11 is 5.91. The van der Waals surface area contributed by atoms with Crippen molar-refractivity contribution in [3.05, 3.63) is 28.8 Å². The van der Waals surface area contributed by atoms with E-state index in [9.17, 15) is 14.4 Å². The number of hydrogen-bond acceptors (Lipinski definition) is 3. The molecule has 0 aliphatic rings. The van der Waals surface area contributed by atoms with Gasteiger partial charge in [0.1, 0.15) is 6.04 Å². The number of carboxylic acid groups (broad SMARTS) is 2. The summed E-state index contributed by atoms with van der Waals surface area (Å²) in [6.45, 7) is 1.80. The van der Waals surface area contributed by atoms with Crippen molar-refractivity contribution in [1.29, 1.82) is 0 Å². The van der Waals surface area contributed by atoms with Crippen LogP contribution >= 0.6 is 11.6 Å². The van der Waals surface area contributed by atoms with Gasteiger partial charge in [0.2, 0.25) is 0 Å². The smallest absolute Gasteiger partial charge is 0.326 e. The monoisotopic (exact) mass is 314 g/mol. The zero-order chi connectivity index (χ0) is 16.0. The van der Waals surface area contributed by atoms with E-state index >= 15 is 0 Å². The quantitative estimate of drug-likeness (QED) is 0.641. The molecule has 21 heavy (non-hydrogen) atoms. The summed E-state index contributed by atoms with van der Waals surface area (Å²) in [4.78, 5) is 33.1. The van der Waals surface area contributed by atoms with Gasteiger partial charge in [-0.15, -0.1) is 0 Å². The zero-order valence-electron chi connectivity index (χ0n) is 11.2. The minimum absolute atomic E-state index is 0.202. The Morgan fingerprint density at radius 3 is 2.48 bits per heavy atom. The first-order valence-corrected chi connectivity index (χ1v) is 6.45. The van der Waals surface area contributed by atoms with E-state index in [1.165, 1.54) is 6.07 Å². The van der Waals surface area contributed by atoms with Gasteiger partial charge in [0.05, 0.1) is 0 Å². The number of anilines is 1. The summed E-state index contributed by atoms with van der Waals surface area (Å²) in [6, 6.07) is 2.84. The third-order valence-electron chi connectivity index (χ3n) is 2.68. The van der Waals surface area contributed by atoms with Crippen LogP contribution in [0.4, 0.5) is 10.5 Å². The Bertz CT molecular complexity index is 561. The summed E-state index contributed by atoms with van der Waals surface area (Å²) in [6.07, 6.45) is -0.555. The maximum absolute atomic E-state index is 11.7. The van der Waals surface area contributed by atoms with Gasteiger partial charge in [-0.25, -0.2) is 9.59 Å². The van der Waals surface area contributed by atoms with Crippen LogP contribution in [0.3, 0.4) is 0 Å². The number of rotatable bonds is 6. The van der Waals surface area contributed by atoms with Crippen molar-refractivity contribution in [3.8, 4) is 0 Å². The lowest BCUT2D eigenvalue weighted by Crippen LogP contribution is -2.43. The third-order valence-corrected chi connectivity index (χ3v) is 3.09. The number of urea groups is 1. The molecule has 0 aliphatic carbocycles. The molecular formula is C13H15ClN2O5. The minimum Gasteiger partial charge on any atom is -0.481 e. The van der Waals surface area contributed by atoms with Crippen LogP contribution in [0.5, 0.6) is 0 Å². The van der Waals surface area contributed by atoms with Crippen molar-refractivity contribution < 1.29 is 24.6 Å². The molecule has 0 aromatic heterocycles. The first-order valence-electron chi connectivity index (χ1n) is 6.08. The topological polar surface area (TPSA) is 116 Å². The number of amides is 2. The number of carbonyl (C=O) groups is 3. The molecule has 114 valence electrons. The molecular weight excluding hydrogens is 300 g/mol. The molecule has 0 saturated carbocycles. The van der Waals surface area contributed by atoms with E-state index in [2.05, 4.69) is 10.6 Å². The number of hydrogen-bond donors (Lipinski definition) is 4. The third kappa shape index (κ3) is 5.70. The van der Waals surface area contributed by atoms with Crippen LogP contribution in [-0.4, -0.2) is 34.2 Å². The molecule has 2 amide bonds. The Hall–Kier alpha value is -2.28. The summed E-state index contributed by atoms with van der Waals surface area (Å²) in [7, 11) is 0. The summed E-state index contributed by atoms with van der Waals surface area (Å²) in [5.74, 6) is -2.43. The highest BCUT2D eigenvalue weighted by Gasteiger charge is 2.20. The van der Waals surface area contributed by atoms with Crippen LogP contribution in [0.15, 0.2) is 18.2 Å². The Morgan fingerprint density at radius 2 is 1.95 bits per heavy atom. The fourth-order valence-electron chi connectivity index (χ4n) is 1.52. The Morgan fingerprint density at radius 1 is 1.29 bits per heavy atom. The van der Waals surface area contributed by atoms with Crippen molar-refractivity contribution in [2.75, 3.05) is 5.32 Å². The van der Waals surface area contributed by atoms with E-state index in [4.69, 9.17) is 21.8 Å². The van der Waals surface area contributed by atoms with Crippen molar-refractivity contribution in [3.63, 3.8) is 0 Å². The Balaban J connectivity index is 2.62. The molecule has 4 N–H and O–H groups in total. The highest BCUT2D eigenvalue weighted by atomic mass is 35.5. The molecule has 1 aromatic carbocycles. The summed E-state index contributed by atoms with van der Waals surface area (Å²) in [5, 5.41) is 22.6. The normalized spacial score (nSPS) is 11.5. The number of carbonyl (C=O) groups excluding carboxylic acids is 1. The SMILES string of the molecule is Cc1ccc(NC(=O)N[C@@H](CCC(=O)O)C(=O)O)cc1Cl. The molecule has 0 fully saturated rings. The van der Waals surface area contributed by atoms with E-state index in [-0.39, 0.29) is 12.8 Å².